The van der Waals surface area contributed by atoms with Crippen LogP contribution in [0.15, 0.2) is 23.2 Å². The van der Waals surface area contributed by atoms with Crippen molar-refractivity contribution < 1.29 is 17.9 Å². The monoisotopic (exact) mass is 469 g/mol. The van der Waals surface area contributed by atoms with Crippen molar-refractivity contribution in [3.05, 3.63) is 23.8 Å². The van der Waals surface area contributed by atoms with Gasteiger partial charge in [0.1, 0.15) is 9.84 Å². The van der Waals surface area contributed by atoms with E-state index in [0.717, 1.165) is 17.1 Å². The van der Waals surface area contributed by atoms with E-state index in [4.69, 9.17) is 9.47 Å². The molecule has 9 heteroatoms. The molecule has 2 rings (SSSR count). The third kappa shape index (κ3) is 6.71. The Balaban J connectivity index is 0.00000288. The lowest BCUT2D eigenvalue weighted by Gasteiger charge is -2.17. The lowest BCUT2D eigenvalue weighted by Crippen LogP contribution is -2.42. The van der Waals surface area contributed by atoms with E-state index >= 15 is 0 Å². The van der Waals surface area contributed by atoms with Crippen LogP contribution in [0.1, 0.15) is 18.9 Å². The minimum absolute atomic E-state index is 0. The number of ether oxygens (including phenoxy) is 2. The number of hydrogen-bond acceptors (Lipinski definition) is 5. The number of halogens is 1. The molecule has 1 unspecified atom stereocenters. The standard InChI is InChI=1S/C15H23N3O4S.HI/c1-11(6-7-23(3,19)20)18-15(16-2)17-9-12-4-5-13-14(8-12)22-10-21-13;/h4-5,8,11H,6-7,9-10H2,1-3H3,(H2,16,17,18);1H. The minimum Gasteiger partial charge on any atom is -0.454 e. The van der Waals surface area contributed by atoms with Crippen molar-refractivity contribution in [2.45, 2.75) is 25.9 Å². The molecule has 0 spiro atoms. The van der Waals surface area contributed by atoms with Gasteiger partial charge in [0.05, 0.1) is 5.75 Å². The number of nitrogens with zero attached hydrogens (tertiary/aromatic N) is 1. The van der Waals surface area contributed by atoms with Gasteiger partial charge < -0.3 is 20.1 Å². The van der Waals surface area contributed by atoms with Crippen LogP contribution in [0.5, 0.6) is 11.5 Å². The van der Waals surface area contributed by atoms with Gasteiger partial charge in [0.2, 0.25) is 6.79 Å². The molecule has 1 aliphatic rings. The van der Waals surface area contributed by atoms with Crippen molar-refractivity contribution in [3.8, 4) is 11.5 Å². The first-order valence-corrected chi connectivity index (χ1v) is 9.47. The number of sulfone groups is 1. The summed E-state index contributed by atoms with van der Waals surface area (Å²) >= 11 is 0. The fraction of sp³-hybridized carbons (Fsp3) is 0.533. The highest BCUT2D eigenvalue weighted by Gasteiger charge is 2.13. The maximum Gasteiger partial charge on any atom is 0.231 e. The number of hydrogen-bond donors (Lipinski definition) is 2. The Morgan fingerprint density at radius 2 is 2.04 bits per heavy atom. The molecule has 136 valence electrons. The second-order valence-corrected chi connectivity index (χ2v) is 7.84. The molecule has 0 aliphatic carbocycles. The molecule has 0 saturated heterocycles. The molecule has 1 heterocycles. The number of guanidine groups is 1. The Hall–Kier alpha value is -1.23. The van der Waals surface area contributed by atoms with Crippen molar-refractivity contribution in [1.82, 2.24) is 10.6 Å². The lowest BCUT2D eigenvalue weighted by molar-refractivity contribution is 0.174. The summed E-state index contributed by atoms with van der Waals surface area (Å²) in [5.74, 6) is 2.28. The molecule has 1 aromatic rings. The molecule has 0 aromatic heterocycles. The van der Waals surface area contributed by atoms with Gasteiger partial charge in [-0.1, -0.05) is 6.07 Å². The molecule has 0 amide bonds. The van der Waals surface area contributed by atoms with Crippen LogP contribution in [0.3, 0.4) is 0 Å². The minimum atomic E-state index is -2.95. The summed E-state index contributed by atoms with van der Waals surface area (Å²) in [6.07, 6.45) is 1.77. The van der Waals surface area contributed by atoms with Gasteiger partial charge >= 0.3 is 0 Å². The molecule has 0 fully saturated rings. The van der Waals surface area contributed by atoms with Gasteiger partial charge in [0, 0.05) is 25.9 Å². The smallest absolute Gasteiger partial charge is 0.231 e. The first-order valence-electron chi connectivity index (χ1n) is 7.41. The van der Waals surface area contributed by atoms with E-state index in [0.29, 0.717) is 18.9 Å². The summed E-state index contributed by atoms with van der Waals surface area (Å²) in [6, 6.07) is 5.77. The molecular formula is C15H24IN3O4S. The largest absolute Gasteiger partial charge is 0.454 e. The molecule has 24 heavy (non-hydrogen) atoms. The van der Waals surface area contributed by atoms with E-state index in [1.807, 2.05) is 25.1 Å². The van der Waals surface area contributed by atoms with E-state index < -0.39 is 9.84 Å². The summed E-state index contributed by atoms with van der Waals surface area (Å²) in [6.45, 7) is 2.76. The topological polar surface area (TPSA) is 89.0 Å². The first-order chi connectivity index (χ1) is 10.9. The SMILES string of the molecule is CN=C(NCc1ccc2c(c1)OCO2)NC(C)CCS(C)(=O)=O.I. The van der Waals surface area contributed by atoms with Crippen molar-refractivity contribution in [3.63, 3.8) is 0 Å². The van der Waals surface area contributed by atoms with Crippen LogP contribution in [-0.2, 0) is 16.4 Å². The third-order valence-corrected chi connectivity index (χ3v) is 4.40. The average Bonchev–Trinajstić information content (AvgIpc) is 2.96. The third-order valence-electron chi connectivity index (χ3n) is 3.43. The predicted molar refractivity (Wildman–Crippen MR) is 105 cm³/mol. The Morgan fingerprint density at radius 1 is 1.33 bits per heavy atom. The van der Waals surface area contributed by atoms with E-state index in [2.05, 4.69) is 15.6 Å². The van der Waals surface area contributed by atoms with Crippen LogP contribution >= 0.6 is 24.0 Å². The molecule has 0 bridgehead atoms. The van der Waals surface area contributed by atoms with Crippen molar-refractivity contribution in [2.24, 2.45) is 4.99 Å². The highest BCUT2D eigenvalue weighted by molar-refractivity contribution is 14.0. The molecule has 0 saturated carbocycles. The number of rotatable bonds is 6. The van der Waals surface area contributed by atoms with E-state index in [1.165, 1.54) is 6.26 Å². The van der Waals surface area contributed by atoms with Gasteiger partial charge in [0.25, 0.3) is 0 Å². The Morgan fingerprint density at radius 3 is 2.71 bits per heavy atom. The fourth-order valence-corrected chi connectivity index (χ4v) is 2.91. The first kappa shape index (κ1) is 20.8. The number of aliphatic imine (C=N–C) groups is 1. The normalized spacial score (nSPS) is 14.7. The highest BCUT2D eigenvalue weighted by Crippen LogP contribution is 2.32. The Bertz CT molecular complexity index is 679. The maximum absolute atomic E-state index is 11.2. The van der Waals surface area contributed by atoms with Crippen molar-refractivity contribution in [1.29, 1.82) is 0 Å². The van der Waals surface area contributed by atoms with Gasteiger partial charge in [-0.15, -0.1) is 24.0 Å². The average molecular weight is 469 g/mol. The summed E-state index contributed by atoms with van der Waals surface area (Å²) < 4.78 is 33.0. The quantitative estimate of drug-likeness (QED) is 0.373. The zero-order valence-corrected chi connectivity index (χ0v) is 17.2. The van der Waals surface area contributed by atoms with Crippen LogP contribution < -0.4 is 20.1 Å². The molecule has 0 radical (unpaired) electrons. The van der Waals surface area contributed by atoms with E-state index in [9.17, 15) is 8.42 Å². The van der Waals surface area contributed by atoms with Crippen LogP contribution in [-0.4, -0.2) is 46.3 Å². The molecule has 1 aromatic carbocycles. The van der Waals surface area contributed by atoms with E-state index in [1.54, 1.807) is 7.05 Å². The van der Waals surface area contributed by atoms with Gasteiger partial charge in [-0.25, -0.2) is 8.42 Å². The second kappa shape index (κ2) is 9.30. The van der Waals surface area contributed by atoms with E-state index in [-0.39, 0.29) is 42.6 Å². The van der Waals surface area contributed by atoms with Crippen molar-refractivity contribution in [2.75, 3.05) is 25.8 Å². The van der Waals surface area contributed by atoms with Gasteiger partial charge in [0.15, 0.2) is 17.5 Å². The highest BCUT2D eigenvalue weighted by atomic mass is 127. The molecular weight excluding hydrogens is 445 g/mol. The molecule has 7 nitrogen and oxygen atoms in total. The zero-order valence-electron chi connectivity index (χ0n) is 14.0. The van der Waals surface area contributed by atoms with Crippen LogP contribution in [0.4, 0.5) is 0 Å². The van der Waals surface area contributed by atoms with Crippen molar-refractivity contribution >= 4 is 39.8 Å². The summed E-state index contributed by atoms with van der Waals surface area (Å²) in [5.41, 5.74) is 1.04. The molecule has 1 aliphatic heterocycles. The second-order valence-electron chi connectivity index (χ2n) is 5.58. The predicted octanol–water partition coefficient (Wildman–Crippen LogP) is 1.52. The molecule has 1 atom stereocenters. The number of nitrogens with one attached hydrogen (secondary N) is 2. The summed E-state index contributed by atoms with van der Waals surface area (Å²) in [7, 11) is -1.27. The Kier molecular flexibility index (Phi) is 8.07. The summed E-state index contributed by atoms with van der Waals surface area (Å²) in [4.78, 5) is 4.15. The number of benzene rings is 1. The number of fused-ring (bicyclic) bond motifs is 1. The van der Waals surface area contributed by atoms with Gasteiger partial charge in [-0.2, -0.15) is 0 Å². The zero-order chi connectivity index (χ0) is 16.9. The van der Waals surface area contributed by atoms with Crippen LogP contribution in [0, 0.1) is 0 Å². The van der Waals surface area contributed by atoms with Gasteiger partial charge in [-0.3, -0.25) is 4.99 Å². The Labute approximate surface area is 160 Å². The van der Waals surface area contributed by atoms with Crippen LogP contribution in [0.2, 0.25) is 0 Å². The summed E-state index contributed by atoms with van der Waals surface area (Å²) in [5, 5.41) is 6.38. The van der Waals surface area contributed by atoms with Crippen LogP contribution in [0.25, 0.3) is 0 Å². The fourth-order valence-electron chi connectivity index (χ4n) is 2.13. The lowest BCUT2D eigenvalue weighted by atomic mass is 10.2. The molecule has 2 N–H and O–H groups in total. The maximum atomic E-state index is 11.2. The van der Waals surface area contributed by atoms with Gasteiger partial charge in [-0.05, 0) is 31.0 Å².